The van der Waals surface area contributed by atoms with Gasteiger partial charge in [-0.15, -0.1) is 0 Å². The summed E-state index contributed by atoms with van der Waals surface area (Å²) in [7, 11) is 0. The number of rotatable bonds is 4. The third-order valence-corrected chi connectivity index (χ3v) is 6.41. The molecule has 1 aliphatic rings. The number of benzene rings is 3. The van der Waals surface area contributed by atoms with Crippen molar-refractivity contribution in [2.24, 2.45) is 0 Å². The highest BCUT2D eigenvalue weighted by molar-refractivity contribution is 9.10. The van der Waals surface area contributed by atoms with Crippen LogP contribution in [0.5, 0.6) is 0 Å². The maximum Gasteiger partial charge on any atom is 0.268 e. The van der Waals surface area contributed by atoms with E-state index in [2.05, 4.69) is 33.0 Å². The number of para-hydroxylation sites is 1. The standard InChI is InChI=1S/C25H21BrN2O2/c1-16-23(19-9-5-6-10-21(19)27-16)25(30)20-15-18(26)11-12-22(20)28(24(25)29)14-13-17-7-3-2-4-8-17/h2-12,15,27,30H,13-14H2,1H3/t25-/m0/s1. The Labute approximate surface area is 183 Å². The molecule has 0 saturated heterocycles. The highest BCUT2D eigenvalue weighted by Gasteiger charge is 2.52. The Morgan fingerprint density at radius 2 is 1.77 bits per heavy atom. The average Bonchev–Trinajstić information content (AvgIpc) is 3.19. The normalized spacial score (nSPS) is 18.2. The largest absolute Gasteiger partial charge is 0.372 e. The van der Waals surface area contributed by atoms with Crippen molar-refractivity contribution < 1.29 is 9.90 Å². The highest BCUT2D eigenvalue weighted by atomic mass is 79.9. The average molecular weight is 461 g/mol. The van der Waals surface area contributed by atoms with Crippen LogP contribution in [-0.4, -0.2) is 22.5 Å². The van der Waals surface area contributed by atoms with Crippen LogP contribution < -0.4 is 4.90 Å². The molecule has 2 heterocycles. The number of nitrogens with one attached hydrogen (secondary N) is 1. The number of hydrogen-bond acceptors (Lipinski definition) is 2. The van der Waals surface area contributed by atoms with E-state index in [0.29, 0.717) is 24.1 Å². The lowest BCUT2D eigenvalue weighted by Gasteiger charge is -2.24. The van der Waals surface area contributed by atoms with Crippen molar-refractivity contribution in [3.63, 3.8) is 0 Å². The monoisotopic (exact) mass is 460 g/mol. The first kappa shape index (κ1) is 19.1. The van der Waals surface area contributed by atoms with Crippen LogP contribution in [-0.2, 0) is 16.8 Å². The van der Waals surface area contributed by atoms with Crippen LogP contribution in [0, 0.1) is 6.92 Å². The molecule has 1 aliphatic heterocycles. The second-order valence-electron chi connectivity index (χ2n) is 7.73. The van der Waals surface area contributed by atoms with Crippen LogP contribution in [0.25, 0.3) is 10.9 Å². The number of aryl methyl sites for hydroxylation is 1. The maximum atomic E-state index is 13.8. The number of halogens is 1. The quantitative estimate of drug-likeness (QED) is 0.446. The summed E-state index contributed by atoms with van der Waals surface area (Å²) in [6.45, 7) is 2.41. The zero-order valence-electron chi connectivity index (χ0n) is 16.5. The van der Waals surface area contributed by atoms with Gasteiger partial charge in [-0.1, -0.05) is 64.5 Å². The minimum absolute atomic E-state index is 0.306. The number of fused-ring (bicyclic) bond motifs is 2. The lowest BCUT2D eigenvalue weighted by molar-refractivity contribution is -0.132. The third kappa shape index (κ3) is 2.81. The molecule has 4 nitrogen and oxygen atoms in total. The van der Waals surface area contributed by atoms with E-state index >= 15 is 0 Å². The Balaban J connectivity index is 1.65. The van der Waals surface area contributed by atoms with Gasteiger partial charge in [0.05, 0.1) is 5.69 Å². The molecule has 0 fully saturated rings. The van der Waals surface area contributed by atoms with Gasteiger partial charge in [0.1, 0.15) is 0 Å². The van der Waals surface area contributed by atoms with Crippen molar-refractivity contribution in [2.45, 2.75) is 18.9 Å². The summed E-state index contributed by atoms with van der Waals surface area (Å²) in [6.07, 6.45) is 0.713. The summed E-state index contributed by atoms with van der Waals surface area (Å²) in [4.78, 5) is 18.8. The first-order valence-corrected chi connectivity index (χ1v) is 10.8. The molecule has 5 heteroatoms. The zero-order valence-corrected chi connectivity index (χ0v) is 18.1. The van der Waals surface area contributed by atoms with Gasteiger partial charge in [0, 0.05) is 38.7 Å². The fraction of sp³-hybridized carbons (Fsp3) is 0.160. The zero-order chi connectivity index (χ0) is 20.9. The van der Waals surface area contributed by atoms with Gasteiger partial charge in [-0.25, -0.2) is 0 Å². The molecular weight excluding hydrogens is 440 g/mol. The van der Waals surface area contributed by atoms with Crippen LogP contribution in [0.4, 0.5) is 5.69 Å². The van der Waals surface area contributed by atoms with E-state index in [1.54, 1.807) is 4.90 Å². The van der Waals surface area contributed by atoms with Crippen LogP contribution in [0.2, 0.25) is 0 Å². The first-order valence-electron chi connectivity index (χ1n) is 9.96. The molecule has 0 unspecified atom stereocenters. The molecule has 3 aromatic carbocycles. The van der Waals surface area contributed by atoms with Crippen molar-refractivity contribution in [1.29, 1.82) is 0 Å². The van der Waals surface area contributed by atoms with Gasteiger partial charge in [0.15, 0.2) is 5.60 Å². The molecule has 150 valence electrons. The van der Waals surface area contributed by atoms with Crippen molar-refractivity contribution in [1.82, 2.24) is 4.98 Å². The van der Waals surface area contributed by atoms with E-state index in [0.717, 1.165) is 32.3 Å². The molecule has 0 radical (unpaired) electrons. The minimum atomic E-state index is -1.74. The Kier molecular flexibility index (Phi) is 4.53. The maximum absolute atomic E-state index is 13.8. The van der Waals surface area contributed by atoms with Gasteiger partial charge in [-0.2, -0.15) is 0 Å². The van der Waals surface area contributed by atoms with Crippen molar-refractivity contribution >= 4 is 38.4 Å². The summed E-state index contributed by atoms with van der Waals surface area (Å²) < 4.78 is 0.829. The van der Waals surface area contributed by atoms with Gasteiger partial charge >= 0.3 is 0 Å². The van der Waals surface area contributed by atoms with Crippen molar-refractivity contribution in [3.8, 4) is 0 Å². The molecule has 5 rings (SSSR count). The van der Waals surface area contributed by atoms with Gasteiger partial charge in [-0.05, 0) is 43.2 Å². The highest BCUT2D eigenvalue weighted by Crippen LogP contribution is 2.48. The number of aliphatic hydroxyl groups is 1. The summed E-state index contributed by atoms with van der Waals surface area (Å²) in [5.74, 6) is -0.306. The predicted octanol–water partition coefficient (Wildman–Crippen LogP) is 5.06. The molecular formula is C25H21BrN2O2. The molecule has 0 saturated carbocycles. The Morgan fingerprint density at radius 3 is 2.57 bits per heavy atom. The Morgan fingerprint density at radius 1 is 1.03 bits per heavy atom. The summed E-state index contributed by atoms with van der Waals surface area (Å²) >= 11 is 3.51. The van der Waals surface area contributed by atoms with Gasteiger partial charge in [-0.3, -0.25) is 4.79 Å². The van der Waals surface area contributed by atoms with E-state index in [9.17, 15) is 9.90 Å². The van der Waals surface area contributed by atoms with Crippen LogP contribution in [0.15, 0.2) is 77.3 Å². The molecule has 0 spiro atoms. The van der Waals surface area contributed by atoms with Crippen LogP contribution >= 0.6 is 15.9 Å². The molecule has 2 N–H and O–H groups in total. The third-order valence-electron chi connectivity index (χ3n) is 5.92. The minimum Gasteiger partial charge on any atom is -0.372 e. The van der Waals surface area contributed by atoms with Crippen LogP contribution in [0.3, 0.4) is 0 Å². The number of carbonyl (C=O) groups is 1. The predicted molar refractivity (Wildman–Crippen MR) is 123 cm³/mol. The molecule has 1 atom stereocenters. The smallest absolute Gasteiger partial charge is 0.268 e. The summed E-state index contributed by atoms with van der Waals surface area (Å²) in [5.41, 5.74) is 3.12. The number of aromatic nitrogens is 1. The van der Waals surface area contributed by atoms with E-state index < -0.39 is 5.60 Å². The Bertz CT molecular complexity index is 1260. The lowest BCUT2D eigenvalue weighted by atomic mass is 9.85. The second kappa shape index (κ2) is 7.11. The van der Waals surface area contributed by atoms with E-state index in [4.69, 9.17) is 0 Å². The van der Waals surface area contributed by atoms with Gasteiger partial charge in [0.2, 0.25) is 0 Å². The van der Waals surface area contributed by atoms with Gasteiger partial charge < -0.3 is 15.0 Å². The van der Waals surface area contributed by atoms with E-state index in [1.807, 2.05) is 67.6 Å². The molecule has 1 amide bonds. The molecule has 30 heavy (non-hydrogen) atoms. The number of H-pyrrole nitrogens is 1. The molecule has 1 aromatic heterocycles. The number of aromatic amines is 1. The number of amides is 1. The first-order chi connectivity index (χ1) is 14.5. The lowest BCUT2D eigenvalue weighted by Crippen LogP contribution is -2.42. The van der Waals surface area contributed by atoms with E-state index in [-0.39, 0.29) is 5.91 Å². The molecule has 4 aromatic rings. The summed E-state index contributed by atoms with van der Waals surface area (Å²) in [6, 6.07) is 23.5. The fourth-order valence-electron chi connectivity index (χ4n) is 4.55. The topological polar surface area (TPSA) is 56.3 Å². The van der Waals surface area contributed by atoms with Crippen LogP contribution in [0.1, 0.15) is 22.4 Å². The van der Waals surface area contributed by atoms with E-state index in [1.165, 1.54) is 0 Å². The SMILES string of the molecule is Cc1[nH]c2ccccc2c1[C@]1(O)C(=O)N(CCc2ccccc2)c2ccc(Br)cc21. The number of carbonyl (C=O) groups excluding carboxylic acids is 1. The second-order valence-corrected chi connectivity index (χ2v) is 8.65. The van der Waals surface area contributed by atoms with Gasteiger partial charge in [0.25, 0.3) is 5.91 Å². The molecule has 0 bridgehead atoms. The number of anilines is 1. The van der Waals surface area contributed by atoms with Crippen molar-refractivity contribution in [3.05, 3.63) is 99.7 Å². The number of hydrogen-bond donors (Lipinski definition) is 2. The van der Waals surface area contributed by atoms with Crippen molar-refractivity contribution in [2.75, 3.05) is 11.4 Å². The number of nitrogens with zero attached hydrogens (tertiary/aromatic N) is 1. The Hall–Kier alpha value is -2.89. The summed E-state index contributed by atoms with van der Waals surface area (Å²) in [5, 5.41) is 12.9. The fourth-order valence-corrected chi connectivity index (χ4v) is 4.91. The molecule has 0 aliphatic carbocycles.